The minimum Gasteiger partial charge on any atom is -0.419 e. The molecular formula is C23H21ClLiN5O-2. The molecule has 154 valence electrons. The fourth-order valence-electron chi connectivity index (χ4n) is 3.31. The van der Waals surface area contributed by atoms with Gasteiger partial charge in [0.05, 0.1) is 17.2 Å². The van der Waals surface area contributed by atoms with Crippen LogP contribution < -0.4 is 23.8 Å². The zero-order valence-corrected chi connectivity index (χ0v) is 18.4. The Morgan fingerprint density at radius 2 is 1.94 bits per heavy atom. The van der Waals surface area contributed by atoms with Crippen molar-refractivity contribution in [3.05, 3.63) is 73.9 Å². The van der Waals surface area contributed by atoms with Gasteiger partial charge in [0.25, 0.3) is 0 Å². The normalized spacial score (nSPS) is 10.2. The molecule has 0 bridgehead atoms. The number of carbonyl (C=O) groups excluding carboxylic acids is 1. The maximum atomic E-state index is 8.93. The van der Waals surface area contributed by atoms with Gasteiger partial charge in [-0.2, -0.15) is 5.10 Å². The molecule has 8 heteroatoms. The summed E-state index contributed by atoms with van der Waals surface area (Å²) < 4.78 is 0. The van der Waals surface area contributed by atoms with E-state index in [-0.39, 0.29) is 18.9 Å². The van der Waals surface area contributed by atoms with Crippen LogP contribution >= 0.6 is 11.6 Å². The average molecular weight is 426 g/mol. The van der Waals surface area contributed by atoms with Crippen molar-refractivity contribution in [3.8, 4) is 11.1 Å². The predicted octanol–water partition coefficient (Wildman–Crippen LogP) is 1.90. The standard InChI is InChI=1S/C20H18ClN5.C3H3O.Li/c1-4-26(5-2)20-14-8-16(21)13(9-18(14)22-11-23-20)19-12(3)6-7-17-15(19)10-24-25-17;1-2-3-4;/h6-11H,1-2,4-5H2,3H3,(H,24,25);2H,1H2;/q-2;-1;+1. The van der Waals surface area contributed by atoms with Gasteiger partial charge in [0.15, 0.2) is 0 Å². The van der Waals surface area contributed by atoms with Crippen molar-refractivity contribution >= 4 is 45.5 Å². The average Bonchev–Trinajstić information content (AvgIpc) is 3.24. The van der Waals surface area contributed by atoms with E-state index in [1.54, 1.807) is 6.33 Å². The van der Waals surface area contributed by atoms with Crippen LogP contribution in [0.25, 0.3) is 32.9 Å². The minimum absolute atomic E-state index is 0. The monoisotopic (exact) mass is 425 g/mol. The molecule has 0 amide bonds. The Hall–Kier alpha value is -2.65. The van der Waals surface area contributed by atoms with E-state index in [0.29, 0.717) is 18.1 Å². The Balaban J connectivity index is 0.000000631. The van der Waals surface area contributed by atoms with Crippen LogP contribution in [0.3, 0.4) is 0 Å². The SMILES string of the molecule is C=C[C-]=O.[CH2-]CN(C[CH2-])c1ncnc2cc(-c3c(C)ccc4[nH]ncc34)c(Cl)cc12.[Li+]. The Labute approximate surface area is 198 Å². The van der Waals surface area contributed by atoms with E-state index in [0.717, 1.165) is 50.4 Å². The van der Waals surface area contributed by atoms with Gasteiger partial charge < -0.3 is 23.5 Å². The number of nitrogens with one attached hydrogen (secondary N) is 1. The molecule has 1 N–H and O–H groups in total. The molecule has 2 heterocycles. The summed E-state index contributed by atoms with van der Waals surface area (Å²) in [7, 11) is 0. The van der Waals surface area contributed by atoms with Crippen LogP contribution in [0.15, 0.2) is 49.4 Å². The number of anilines is 1. The van der Waals surface area contributed by atoms with Gasteiger partial charge in [0, 0.05) is 21.4 Å². The van der Waals surface area contributed by atoms with Gasteiger partial charge in [0.1, 0.15) is 12.1 Å². The summed E-state index contributed by atoms with van der Waals surface area (Å²) in [5.74, 6) is 0.798. The molecule has 0 fully saturated rings. The van der Waals surface area contributed by atoms with Gasteiger partial charge in [-0.3, -0.25) is 5.10 Å². The Morgan fingerprint density at radius 1 is 1.23 bits per heavy atom. The number of benzene rings is 2. The number of aromatic nitrogens is 4. The molecule has 0 spiro atoms. The third-order valence-electron chi connectivity index (χ3n) is 4.73. The van der Waals surface area contributed by atoms with Crippen LogP contribution in [-0.2, 0) is 4.79 Å². The van der Waals surface area contributed by atoms with Crippen molar-refractivity contribution in [1.82, 2.24) is 20.2 Å². The molecule has 0 aliphatic rings. The third-order valence-corrected chi connectivity index (χ3v) is 5.04. The summed E-state index contributed by atoms with van der Waals surface area (Å²) in [4.78, 5) is 19.8. The van der Waals surface area contributed by atoms with Crippen molar-refractivity contribution in [2.45, 2.75) is 6.92 Å². The molecule has 0 saturated heterocycles. The topological polar surface area (TPSA) is 74.8 Å². The van der Waals surface area contributed by atoms with E-state index in [9.17, 15) is 0 Å². The number of rotatable bonds is 5. The second-order valence-corrected chi connectivity index (χ2v) is 6.85. The first-order valence-corrected chi connectivity index (χ1v) is 9.62. The molecule has 4 aromatic rings. The largest absolute Gasteiger partial charge is 1.00 e. The maximum absolute atomic E-state index is 8.93. The molecular weight excluding hydrogens is 405 g/mol. The number of hydrogen-bond acceptors (Lipinski definition) is 5. The van der Waals surface area contributed by atoms with E-state index in [1.807, 2.05) is 29.3 Å². The number of halogens is 1. The summed E-state index contributed by atoms with van der Waals surface area (Å²) in [5, 5.41) is 9.76. The van der Waals surface area contributed by atoms with Crippen molar-refractivity contribution in [3.63, 3.8) is 0 Å². The first kappa shape index (κ1) is 24.6. The van der Waals surface area contributed by atoms with Crippen molar-refractivity contribution in [2.24, 2.45) is 0 Å². The van der Waals surface area contributed by atoms with E-state index in [1.165, 1.54) is 6.29 Å². The van der Waals surface area contributed by atoms with Crippen LogP contribution in [0.2, 0.25) is 5.02 Å². The zero-order chi connectivity index (χ0) is 21.7. The van der Waals surface area contributed by atoms with Crippen LogP contribution in [0.4, 0.5) is 5.82 Å². The smallest absolute Gasteiger partial charge is 0.419 e. The summed E-state index contributed by atoms with van der Waals surface area (Å²) in [6.07, 6.45) is 5.91. The fourth-order valence-corrected chi connectivity index (χ4v) is 3.57. The molecule has 0 radical (unpaired) electrons. The quantitative estimate of drug-likeness (QED) is 0.300. The molecule has 2 aromatic carbocycles. The van der Waals surface area contributed by atoms with Gasteiger partial charge >= 0.3 is 18.9 Å². The van der Waals surface area contributed by atoms with Crippen LogP contribution in [-0.4, -0.2) is 39.5 Å². The molecule has 0 aliphatic carbocycles. The van der Waals surface area contributed by atoms with Crippen LogP contribution in [0, 0.1) is 20.8 Å². The van der Waals surface area contributed by atoms with Gasteiger partial charge in [-0.1, -0.05) is 17.7 Å². The third kappa shape index (κ3) is 4.99. The molecule has 0 unspecified atom stereocenters. The van der Waals surface area contributed by atoms with Crippen LogP contribution in [0.1, 0.15) is 5.56 Å². The van der Waals surface area contributed by atoms with Crippen molar-refractivity contribution in [2.75, 3.05) is 18.0 Å². The Bertz CT molecular complexity index is 1200. The van der Waals surface area contributed by atoms with Crippen molar-refractivity contribution in [1.29, 1.82) is 0 Å². The predicted molar refractivity (Wildman–Crippen MR) is 123 cm³/mol. The van der Waals surface area contributed by atoms with E-state index >= 15 is 0 Å². The fraction of sp³-hybridized carbons (Fsp3) is 0.130. The number of aryl methyl sites for hydroxylation is 1. The summed E-state index contributed by atoms with van der Waals surface area (Å²) >= 11 is 6.70. The zero-order valence-electron chi connectivity index (χ0n) is 17.7. The van der Waals surface area contributed by atoms with Crippen molar-refractivity contribution < 1.29 is 23.7 Å². The number of aromatic amines is 1. The van der Waals surface area contributed by atoms with Gasteiger partial charge in [-0.05, 0) is 42.5 Å². The second-order valence-electron chi connectivity index (χ2n) is 6.44. The molecule has 0 saturated carbocycles. The molecule has 31 heavy (non-hydrogen) atoms. The van der Waals surface area contributed by atoms with E-state index in [2.05, 4.69) is 53.6 Å². The Kier molecular flexibility index (Phi) is 8.82. The number of nitrogens with zero attached hydrogens (tertiary/aromatic N) is 4. The summed E-state index contributed by atoms with van der Waals surface area (Å²) in [5.41, 5.74) is 4.94. The van der Waals surface area contributed by atoms with E-state index < -0.39 is 0 Å². The summed E-state index contributed by atoms with van der Waals surface area (Å²) in [6.45, 7) is 14.2. The number of hydrogen-bond donors (Lipinski definition) is 1. The molecule has 2 aromatic heterocycles. The first-order valence-electron chi connectivity index (χ1n) is 9.25. The van der Waals surface area contributed by atoms with Crippen LogP contribution in [0.5, 0.6) is 0 Å². The van der Waals surface area contributed by atoms with Gasteiger partial charge in [-0.15, -0.1) is 13.1 Å². The second kappa shape index (κ2) is 11.1. The first-order chi connectivity index (χ1) is 14.5. The molecule has 0 aliphatic heterocycles. The number of allylic oxidation sites excluding steroid dienone is 1. The minimum atomic E-state index is 0. The number of H-pyrrole nitrogens is 1. The Morgan fingerprint density at radius 3 is 2.58 bits per heavy atom. The molecule has 4 rings (SSSR count). The summed E-state index contributed by atoms with van der Waals surface area (Å²) in [6, 6.07) is 8.03. The van der Waals surface area contributed by atoms with Gasteiger partial charge in [-0.25, -0.2) is 22.6 Å². The van der Waals surface area contributed by atoms with E-state index in [4.69, 9.17) is 16.4 Å². The maximum Gasteiger partial charge on any atom is 1.00 e. The number of fused-ring (bicyclic) bond motifs is 2. The molecule has 6 nitrogen and oxygen atoms in total. The van der Waals surface area contributed by atoms with Gasteiger partial charge in [0.2, 0.25) is 0 Å². The molecule has 0 atom stereocenters.